The summed E-state index contributed by atoms with van der Waals surface area (Å²) in [5, 5.41) is 9.88. The van der Waals surface area contributed by atoms with Crippen LogP contribution in [0.5, 0.6) is 5.75 Å². The topological polar surface area (TPSA) is 63.2 Å². The summed E-state index contributed by atoms with van der Waals surface area (Å²) in [4.78, 5) is 12.5. The van der Waals surface area contributed by atoms with Gasteiger partial charge in [0.15, 0.2) is 0 Å². The molecule has 0 saturated heterocycles. The molecule has 0 aliphatic rings. The van der Waals surface area contributed by atoms with Gasteiger partial charge in [-0.05, 0) is 71.5 Å². The van der Waals surface area contributed by atoms with Gasteiger partial charge in [-0.3, -0.25) is 4.79 Å². The third-order valence-electron chi connectivity index (χ3n) is 5.43. The minimum atomic E-state index is -0.333. The Balaban J connectivity index is 1.47. The molecule has 0 N–H and O–H groups in total. The molecule has 4 nitrogen and oxygen atoms in total. The molecule has 0 unspecified atom stereocenters. The van der Waals surface area contributed by atoms with Crippen molar-refractivity contribution in [3.63, 3.8) is 0 Å². The van der Waals surface area contributed by atoms with Crippen LogP contribution in [0, 0.1) is 18.3 Å². The second-order valence-electron chi connectivity index (χ2n) is 7.98. The maximum atomic E-state index is 12.5. The first-order valence-electron chi connectivity index (χ1n) is 10.3. The van der Waals surface area contributed by atoms with E-state index in [0.29, 0.717) is 17.2 Å². The van der Waals surface area contributed by atoms with E-state index in [1.807, 2.05) is 30.3 Å². The van der Waals surface area contributed by atoms with Gasteiger partial charge in [0.1, 0.15) is 11.3 Å². The summed E-state index contributed by atoms with van der Waals surface area (Å²) in [7, 11) is 0. The summed E-state index contributed by atoms with van der Waals surface area (Å²) in [5.74, 6) is 0.558. The van der Waals surface area contributed by atoms with Crippen molar-refractivity contribution in [2.24, 2.45) is 0 Å². The lowest BCUT2D eigenvalue weighted by molar-refractivity contribution is -0.133. The van der Waals surface area contributed by atoms with E-state index in [1.165, 1.54) is 11.1 Å². The first-order valence-corrected chi connectivity index (χ1v) is 10.3. The van der Waals surface area contributed by atoms with Gasteiger partial charge in [0.2, 0.25) is 0 Å². The molecule has 4 heteroatoms. The molecule has 0 atom stereocenters. The van der Waals surface area contributed by atoms with Crippen molar-refractivity contribution in [1.29, 1.82) is 5.26 Å². The van der Waals surface area contributed by atoms with E-state index < -0.39 is 0 Å². The number of nitrogens with zero attached hydrogens (tertiary/aromatic N) is 1. The van der Waals surface area contributed by atoms with Crippen LogP contribution in [0.15, 0.2) is 71.3 Å². The number of esters is 1. The molecule has 4 rings (SSSR count). The number of ether oxygens (including phenoxy) is 1. The third kappa shape index (κ3) is 4.36. The van der Waals surface area contributed by atoms with Crippen LogP contribution < -0.4 is 4.74 Å². The summed E-state index contributed by atoms with van der Waals surface area (Å²) in [6, 6.07) is 21.0. The van der Waals surface area contributed by atoms with Crippen molar-refractivity contribution in [3.05, 3.63) is 89.2 Å². The van der Waals surface area contributed by atoms with Crippen LogP contribution in [0.3, 0.4) is 0 Å². The lowest BCUT2D eigenvalue weighted by Crippen LogP contribution is -2.11. The maximum absolute atomic E-state index is 12.5. The zero-order valence-corrected chi connectivity index (χ0v) is 17.8. The van der Waals surface area contributed by atoms with Crippen molar-refractivity contribution >= 4 is 16.9 Å². The van der Waals surface area contributed by atoms with Gasteiger partial charge >= 0.3 is 5.97 Å². The molecule has 1 heterocycles. The maximum Gasteiger partial charge on any atom is 0.315 e. The first kappa shape index (κ1) is 20.4. The van der Waals surface area contributed by atoms with Gasteiger partial charge in [0, 0.05) is 10.9 Å². The Labute approximate surface area is 181 Å². The van der Waals surface area contributed by atoms with E-state index in [4.69, 9.17) is 14.4 Å². The minimum Gasteiger partial charge on any atom is -0.464 e. The molecule has 0 bridgehead atoms. The second kappa shape index (κ2) is 8.49. The average Bonchev–Trinajstić information content (AvgIpc) is 3.14. The Bertz CT molecular complexity index is 1270. The van der Waals surface area contributed by atoms with E-state index >= 15 is 0 Å². The van der Waals surface area contributed by atoms with Gasteiger partial charge < -0.3 is 9.15 Å². The van der Waals surface area contributed by atoms with E-state index in [-0.39, 0.29) is 12.4 Å². The molecule has 31 heavy (non-hydrogen) atoms. The lowest BCUT2D eigenvalue weighted by Gasteiger charge is -2.10. The molecule has 4 aromatic rings. The number of hydrogen-bond donors (Lipinski definition) is 0. The molecule has 0 amide bonds. The average molecular weight is 409 g/mol. The normalized spacial score (nSPS) is 10.9. The molecule has 0 aliphatic carbocycles. The predicted octanol–water partition coefficient (Wildman–Crippen LogP) is 6.55. The first-order chi connectivity index (χ1) is 14.9. The molecule has 0 saturated carbocycles. The van der Waals surface area contributed by atoms with Crippen molar-refractivity contribution < 1.29 is 13.9 Å². The summed E-state index contributed by atoms with van der Waals surface area (Å²) in [5.41, 5.74) is 6.67. The molecule has 0 fully saturated rings. The van der Waals surface area contributed by atoms with E-state index in [2.05, 4.69) is 32.9 Å². The SMILES string of the molecule is Cc1cc2occ(CC(=O)Oc3ccc(-c4ccc(C#N)cc4)cc3)c2cc1C(C)C. The lowest BCUT2D eigenvalue weighted by atomic mass is 9.95. The largest absolute Gasteiger partial charge is 0.464 e. The molecule has 0 aliphatic heterocycles. The van der Waals surface area contributed by atoms with Crippen LogP contribution in [0.1, 0.15) is 42.0 Å². The van der Waals surface area contributed by atoms with E-state index in [0.717, 1.165) is 27.7 Å². The van der Waals surface area contributed by atoms with Gasteiger partial charge in [-0.15, -0.1) is 0 Å². The highest BCUT2D eigenvalue weighted by Crippen LogP contribution is 2.29. The number of rotatable bonds is 5. The molecular weight excluding hydrogens is 386 g/mol. The number of benzene rings is 3. The minimum absolute atomic E-state index is 0.144. The summed E-state index contributed by atoms with van der Waals surface area (Å²) >= 11 is 0. The third-order valence-corrected chi connectivity index (χ3v) is 5.43. The van der Waals surface area contributed by atoms with Crippen LogP contribution >= 0.6 is 0 Å². The highest BCUT2D eigenvalue weighted by Gasteiger charge is 2.15. The Morgan fingerprint density at radius 3 is 2.29 bits per heavy atom. The van der Waals surface area contributed by atoms with Crippen molar-refractivity contribution in [1.82, 2.24) is 0 Å². The smallest absolute Gasteiger partial charge is 0.315 e. The number of furan rings is 1. The Morgan fingerprint density at radius 2 is 1.68 bits per heavy atom. The number of aryl methyl sites for hydroxylation is 1. The van der Waals surface area contributed by atoms with Gasteiger partial charge in [0.25, 0.3) is 0 Å². The fraction of sp³-hybridized carbons (Fsp3) is 0.185. The van der Waals surface area contributed by atoms with Crippen molar-refractivity contribution in [2.75, 3.05) is 0 Å². The van der Waals surface area contributed by atoms with Gasteiger partial charge in [-0.2, -0.15) is 5.26 Å². The highest BCUT2D eigenvalue weighted by molar-refractivity contribution is 5.87. The number of nitriles is 1. The monoisotopic (exact) mass is 409 g/mol. The molecule has 154 valence electrons. The molecule has 1 aromatic heterocycles. The quantitative estimate of drug-likeness (QED) is 0.277. The van der Waals surface area contributed by atoms with Gasteiger partial charge in [0.05, 0.1) is 24.3 Å². The summed E-state index contributed by atoms with van der Waals surface area (Å²) in [6.45, 7) is 6.39. The summed E-state index contributed by atoms with van der Waals surface area (Å²) < 4.78 is 11.2. The fourth-order valence-corrected chi connectivity index (χ4v) is 3.78. The Morgan fingerprint density at radius 1 is 1.03 bits per heavy atom. The predicted molar refractivity (Wildman–Crippen MR) is 121 cm³/mol. The second-order valence-corrected chi connectivity index (χ2v) is 7.98. The number of hydrogen-bond acceptors (Lipinski definition) is 4. The van der Waals surface area contributed by atoms with E-state index in [1.54, 1.807) is 30.5 Å². The molecule has 3 aromatic carbocycles. The number of fused-ring (bicyclic) bond motifs is 1. The van der Waals surface area contributed by atoms with Crippen LogP contribution in [0.4, 0.5) is 0 Å². The van der Waals surface area contributed by atoms with Crippen LogP contribution in [0.2, 0.25) is 0 Å². The molecular formula is C27H23NO3. The molecule has 0 radical (unpaired) electrons. The zero-order chi connectivity index (χ0) is 22.0. The standard InChI is InChI=1S/C27H23NO3/c1-17(2)24-14-25-22(16-30-26(25)12-18(24)3)13-27(29)31-23-10-8-21(9-11-23)20-6-4-19(15-28)5-7-20/h4-12,14,16-17H,13H2,1-3H3. The van der Waals surface area contributed by atoms with Crippen molar-refractivity contribution in [3.8, 4) is 22.9 Å². The highest BCUT2D eigenvalue weighted by atomic mass is 16.5. The number of carbonyl (C=O) groups is 1. The number of carbonyl (C=O) groups excluding carboxylic acids is 1. The van der Waals surface area contributed by atoms with E-state index in [9.17, 15) is 4.79 Å². The Hall–Kier alpha value is -3.84. The fourth-order valence-electron chi connectivity index (χ4n) is 3.78. The van der Waals surface area contributed by atoms with Gasteiger partial charge in [-0.25, -0.2) is 0 Å². The summed E-state index contributed by atoms with van der Waals surface area (Å²) in [6.07, 6.45) is 1.79. The zero-order valence-electron chi connectivity index (χ0n) is 17.8. The van der Waals surface area contributed by atoms with Crippen LogP contribution in [-0.4, -0.2) is 5.97 Å². The van der Waals surface area contributed by atoms with Crippen molar-refractivity contribution in [2.45, 2.75) is 33.1 Å². The molecule has 0 spiro atoms. The van der Waals surface area contributed by atoms with Gasteiger partial charge in [-0.1, -0.05) is 38.1 Å². The van der Waals surface area contributed by atoms with Crippen LogP contribution in [-0.2, 0) is 11.2 Å². The Kier molecular flexibility index (Phi) is 5.60. The van der Waals surface area contributed by atoms with Crippen LogP contribution in [0.25, 0.3) is 22.1 Å².